The van der Waals surface area contributed by atoms with Crippen LogP contribution in [0, 0.1) is 5.92 Å². The number of rotatable bonds is 4. The Balaban J connectivity index is 2.47. The Morgan fingerprint density at radius 1 is 1.56 bits per heavy atom. The van der Waals surface area contributed by atoms with Crippen molar-refractivity contribution < 1.29 is 9.21 Å². The normalized spacial score (nSPS) is 10.9. The van der Waals surface area contributed by atoms with Crippen molar-refractivity contribution >= 4 is 6.29 Å². The van der Waals surface area contributed by atoms with Crippen LogP contribution in [-0.4, -0.2) is 21.3 Å². The lowest BCUT2D eigenvalue weighted by Gasteiger charge is -2.06. The quantitative estimate of drug-likeness (QED) is 0.738. The van der Waals surface area contributed by atoms with Gasteiger partial charge < -0.3 is 4.42 Å². The van der Waals surface area contributed by atoms with E-state index in [1.54, 1.807) is 23.1 Å². The molecule has 2 aromatic heterocycles. The fourth-order valence-electron chi connectivity index (χ4n) is 1.55. The van der Waals surface area contributed by atoms with Gasteiger partial charge in [-0.1, -0.05) is 19.1 Å². The third-order valence-corrected chi connectivity index (χ3v) is 2.17. The van der Waals surface area contributed by atoms with Crippen LogP contribution >= 0.6 is 0 Å². The SMILES string of the molecule is CC(C)Cn1nnc(C=O)c1-c1ccco1. The number of aldehydes is 1. The van der Waals surface area contributed by atoms with Crippen LogP contribution in [0.1, 0.15) is 24.3 Å². The van der Waals surface area contributed by atoms with Gasteiger partial charge in [0.25, 0.3) is 0 Å². The summed E-state index contributed by atoms with van der Waals surface area (Å²) in [7, 11) is 0. The van der Waals surface area contributed by atoms with E-state index in [1.807, 2.05) is 0 Å². The van der Waals surface area contributed by atoms with Gasteiger partial charge in [0, 0.05) is 6.54 Å². The molecule has 2 aromatic rings. The largest absolute Gasteiger partial charge is 0.463 e. The third-order valence-electron chi connectivity index (χ3n) is 2.17. The first kappa shape index (κ1) is 10.6. The number of furan rings is 1. The number of nitrogens with zero attached hydrogens (tertiary/aromatic N) is 3. The molecule has 0 atom stereocenters. The van der Waals surface area contributed by atoms with Crippen molar-refractivity contribution in [3.8, 4) is 11.5 Å². The van der Waals surface area contributed by atoms with Crippen LogP contribution in [-0.2, 0) is 6.54 Å². The summed E-state index contributed by atoms with van der Waals surface area (Å²) < 4.78 is 6.98. The Morgan fingerprint density at radius 3 is 2.94 bits per heavy atom. The molecule has 0 spiro atoms. The lowest BCUT2D eigenvalue weighted by Crippen LogP contribution is -2.07. The molecule has 2 rings (SSSR count). The van der Waals surface area contributed by atoms with Gasteiger partial charge in [0.15, 0.2) is 17.7 Å². The number of carbonyl (C=O) groups excluding carboxylic acids is 1. The Kier molecular flexibility index (Phi) is 2.85. The van der Waals surface area contributed by atoms with Gasteiger partial charge in [-0.3, -0.25) is 4.79 Å². The molecule has 0 unspecified atom stereocenters. The molecule has 16 heavy (non-hydrogen) atoms. The standard InChI is InChI=1S/C11H13N3O2/c1-8(2)6-14-11(9(7-15)12-13-14)10-4-3-5-16-10/h3-5,7-8H,6H2,1-2H3. The van der Waals surface area contributed by atoms with Crippen molar-refractivity contribution in [2.24, 2.45) is 5.92 Å². The first-order chi connectivity index (χ1) is 7.72. The Labute approximate surface area is 93.1 Å². The van der Waals surface area contributed by atoms with Crippen molar-refractivity contribution in [1.82, 2.24) is 15.0 Å². The molecule has 0 radical (unpaired) electrons. The maximum Gasteiger partial charge on any atom is 0.172 e. The molecule has 2 heterocycles. The van der Waals surface area contributed by atoms with Crippen molar-refractivity contribution in [2.45, 2.75) is 20.4 Å². The highest BCUT2D eigenvalue weighted by Crippen LogP contribution is 2.22. The van der Waals surface area contributed by atoms with Gasteiger partial charge in [0.05, 0.1) is 6.26 Å². The average molecular weight is 219 g/mol. The summed E-state index contributed by atoms with van der Waals surface area (Å²) in [5, 5.41) is 7.79. The number of aromatic nitrogens is 3. The molecule has 0 amide bonds. The number of hydrogen-bond donors (Lipinski definition) is 0. The first-order valence-electron chi connectivity index (χ1n) is 5.15. The van der Waals surface area contributed by atoms with Gasteiger partial charge in [0.1, 0.15) is 5.69 Å². The smallest absolute Gasteiger partial charge is 0.172 e. The van der Waals surface area contributed by atoms with Crippen LogP contribution in [0.4, 0.5) is 0 Å². The third kappa shape index (κ3) is 1.88. The molecule has 0 aliphatic heterocycles. The van der Waals surface area contributed by atoms with Crippen LogP contribution in [0.2, 0.25) is 0 Å². The van der Waals surface area contributed by atoms with Crippen LogP contribution < -0.4 is 0 Å². The molecule has 0 N–H and O–H groups in total. The fraction of sp³-hybridized carbons (Fsp3) is 0.364. The lowest BCUT2D eigenvalue weighted by atomic mass is 10.2. The molecule has 0 saturated carbocycles. The minimum atomic E-state index is 0.315. The summed E-state index contributed by atoms with van der Waals surface area (Å²) in [6, 6.07) is 3.57. The minimum Gasteiger partial charge on any atom is -0.463 e. The molecule has 0 aromatic carbocycles. The summed E-state index contributed by atoms with van der Waals surface area (Å²) in [6.07, 6.45) is 2.26. The molecule has 0 aliphatic carbocycles. The molecule has 5 nitrogen and oxygen atoms in total. The van der Waals surface area contributed by atoms with Gasteiger partial charge >= 0.3 is 0 Å². The van der Waals surface area contributed by atoms with Crippen molar-refractivity contribution in [3.05, 3.63) is 24.1 Å². The monoisotopic (exact) mass is 219 g/mol. The number of carbonyl (C=O) groups is 1. The highest BCUT2D eigenvalue weighted by atomic mass is 16.3. The summed E-state index contributed by atoms with van der Waals surface area (Å²) in [5.74, 6) is 1.04. The van der Waals surface area contributed by atoms with E-state index in [9.17, 15) is 4.79 Å². The summed E-state index contributed by atoms with van der Waals surface area (Å²) in [4.78, 5) is 10.9. The molecule has 0 fully saturated rings. The average Bonchev–Trinajstić information content (AvgIpc) is 2.84. The zero-order chi connectivity index (χ0) is 11.5. The molecular weight excluding hydrogens is 206 g/mol. The van der Waals surface area contributed by atoms with Crippen molar-refractivity contribution in [1.29, 1.82) is 0 Å². The fourth-order valence-corrected chi connectivity index (χ4v) is 1.55. The molecule has 0 aliphatic rings. The second-order valence-corrected chi connectivity index (χ2v) is 3.99. The molecule has 84 valence electrons. The van der Waals surface area contributed by atoms with Crippen LogP contribution in [0.5, 0.6) is 0 Å². The zero-order valence-corrected chi connectivity index (χ0v) is 9.25. The Hall–Kier alpha value is -1.91. The van der Waals surface area contributed by atoms with Gasteiger partial charge in [0.2, 0.25) is 0 Å². The van der Waals surface area contributed by atoms with E-state index in [2.05, 4.69) is 24.2 Å². The molecule has 0 bridgehead atoms. The van der Waals surface area contributed by atoms with E-state index in [0.717, 1.165) is 0 Å². The van der Waals surface area contributed by atoms with Gasteiger partial charge in [-0.05, 0) is 18.1 Å². The highest BCUT2D eigenvalue weighted by molar-refractivity contribution is 5.81. The van der Waals surface area contributed by atoms with Crippen LogP contribution in [0.15, 0.2) is 22.8 Å². The van der Waals surface area contributed by atoms with E-state index >= 15 is 0 Å². The summed E-state index contributed by atoms with van der Waals surface area (Å²) >= 11 is 0. The van der Waals surface area contributed by atoms with Crippen molar-refractivity contribution in [3.63, 3.8) is 0 Å². The minimum absolute atomic E-state index is 0.315. The predicted octanol–water partition coefficient (Wildman–Crippen LogP) is 2.01. The molecule has 5 heteroatoms. The summed E-state index contributed by atoms with van der Waals surface area (Å²) in [6.45, 7) is 4.86. The van der Waals surface area contributed by atoms with Crippen LogP contribution in [0.3, 0.4) is 0 Å². The number of hydrogen-bond acceptors (Lipinski definition) is 4. The van der Waals surface area contributed by atoms with Gasteiger partial charge in [-0.25, -0.2) is 4.68 Å². The lowest BCUT2D eigenvalue weighted by molar-refractivity contribution is 0.111. The van der Waals surface area contributed by atoms with E-state index in [4.69, 9.17) is 4.42 Å². The zero-order valence-electron chi connectivity index (χ0n) is 9.25. The molecule has 0 saturated heterocycles. The second kappa shape index (κ2) is 4.30. The maximum absolute atomic E-state index is 10.9. The maximum atomic E-state index is 10.9. The van der Waals surface area contributed by atoms with Gasteiger partial charge in [-0.2, -0.15) is 0 Å². The second-order valence-electron chi connectivity index (χ2n) is 3.99. The molecular formula is C11H13N3O2. The van der Waals surface area contributed by atoms with Crippen molar-refractivity contribution in [2.75, 3.05) is 0 Å². The topological polar surface area (TPSA) is 60.9 Å². The van der Waals surface area contributed by atoms with Crippen LogP contribution in [0.25, 0.3) is 11.5 Å². The van der Waals surface area contributed by atoms with E-state index in [1.165, 1.54) is 0 Å². The highest BCUT2D eigenvalue weighted by Gasteiger charge is 2.17. The first-order valence-corrected chi connectivity index (χ1v) is 5.15. The predicted molar refractivity (Wildman–Crippen MR) is 57.9 cm³/mol. The Bertz CT molecular complexity index is 471. The van der Waals surface area contributed by atoms with E-state index in [0.29, 0.717) is 35.9 Å². The van der Waals surface area contributed by atoms with Gasteiger partial charge in [-0.15, -0.1) is 5.10 Å². The summed E-state index contributed by atoms with van der Waals surface area (Å²) in [5.41, 5.74) is 0.962. The van der Waals surface area contributed by atoms with E-state index in [-0.39, 0.29) is 0 Å². The van der Waals surface area contributed by atoms with E-state index < -0.39 is 0 Å². The Morgan fingerprint density at radius 2 is 2.38 bits per heavy atom.